The number of hydrogen-bond donors (Lipinski definition) is 0. The van der Waals surface area contributed by atoms with E-state index < -0.39 is 19.9 Å². The van der Waals surface area contributed by atoms with Crippen LogP contribution in [0.4, 0.5) is 8.78 Å². The number of ketones is 1. The molecular weight excluding hydrogens is 512 g/mol. The molecule has 5 nitrogen and oxygen atoms in total. The average Bonchev–Trinajstić information content (AvgIpc) is 3.23. The molecule has 0 amide bonds. The van der Waals surface area contributed by atoms with Crippen LogP contribution >= 0.6 is 0 Å². The molecule has 0 fully saturated rings. The van der Waals surface area contributed by atoms with Crippen molar-refractivity contribution in [1.82, 2.24) is 14.2 Å². The number of hydrogen-bond acceptors (Lipinski definition) is 4. The van der Waals surface area contributed by atoms with E-state index >= 15 is 8.78 Å². The highest BCUT2D eigenvalue weighted by molar-refractivity contribution is 6.82. The smallest absolute Gasteiger partial charge is 0.171 e. The summed E-state index contributed by atoms with van der Waals surface area (Å²) in [6, 6.07) is 8.32. The lowest BCUT2D eigenvalue weighted by atomic mass is 10.0. The zero-order valence-corrected chi connectivity index (χ0v) is 24.8. The van der Waals surface area contributed by atoms with E-state index in [0.717, 1.165) is 27.7 Å². The lowest BCUT2D eigenvalue weighted by Gasteiger charge is -2.44. The molecule has 0 spiro atoms. The van der Waals surface area contributed by atoms with Crippen LogP contribution in [-0.2, 0) is 11.2 Å². The molecule has 39 heavy (non-hydrogen) atoms. The standard InChI is InChI=1S/C31H37F2N3O2Si/c1-19(2)39(20(3)4,21(5)6)36-17-25(14-27-28(32)10-11-29(30(27)33)38-18-22(7)37)26-13-24(16-35-31(26)36)23-9-8-12-34-15-23/h8-13,15-17,19-21H,14,18H2,1-7H3. The molecule has 4 aromatic rings. The monoisotopic (exact) mass is 549 g/mol. The fourth-order valence-electron chi connectivity index (χ4n) is 6.35. The third-order valence-corrected chi connectivity index (χ3v) is 14.6. The van der Waals surface area contributed by atoms with Gasteiger partial charge in [-0.15, -0.1) is 0 Å². The Morgan fingerprint density at radius 3 is 2.28 bits per heavy atom. The Hall–Kier alpha value is -3.39. The number of benzene rings is 1. The number of Topliss-reactive ketones (excluding diaryl/α,β-unsaturated/α-hetero) is 1. The maximum Gasteiger partial charge on any atom is 0.171 e. The van der Waals surface area contributed by atoms with Crippen molar-refractivity contribution < 1.29 is 18.3 Å². The Bertz CT molecular complexity index is 1460. The van der Waals surface area contributed by atoms with Crippen molar-refractivity contribution in [2.24, 2.45) is 0 Å². The molecule has 4 rings (SSSR count). The number of ether oxygens (including phenoxy) is 1. The van der Waals surface area contributed by atoms with Crippen molar-refractivity contribution in [3.05, 3.63) is 77.9 Å². The average molecular weight is 550 g/mol. The van der Waals surface area contributed by atoms with Gasteiger partial charge < -0.3 is 8.97 Å². The molecule has 0 bridgehead atoms. The maximum atomic E-state index is 15.5. The Labute approximate surface area is 230 Å². The number of fused-ring (bicyclic) bond motifs is 1. The van der Waals surface area contributed by atoms with Gasteiger partial charge in [-0.3, -0.25) is 9.78 Å². The highest BCUT2D eigenvalue weighted by Gasteiger charge is 2.46. The molecule has 0 aliphatic rings. The molecule has 0 aliphatic heterocycles. The first-order valence-corrected chi connectivity index (χ1v) is 15.7. The molecule has 0 N–H and O–H groups in total. The van der Waals surface area contributed by atoms with Gasteiger partial charge in [0.15, 0.2) is 25.6 Å². The molecule has 206 valence electrons. The zero-order valence-electron chi connectivity index (χ0n) is 23.8. The fraction of sp³-hybridized carbons (Fsp3) is 0.387. The zero-order chi connectivity index (χ0) is 28.5. The summed E-state index contributed by atoms with van der Waals surface area (Å²) in [6.45, 7) is 14.7. The Morgan fingerprint density at radius 2 is 1.69 bits per heavy atom. The Kier molecular flexibility index (Phi) is 8.35. The van der Waals surface area contributed by atoms with Gasteiger partial charge in [0.2, 0.25) is 0 Å². The summed E-state index contributed by atoms with van der Waals surface area (Å²) >= 11 is 0. The van der Waals surface area contributed by atoms with Gasteiger partial charge in [-0.1, -0.05) is 47.6 Å². The maximum absolute atomic E-state index is 15.5. The van der Waals surface area contributed by atoms with Gasteiger partial charge in [-0.2, -0.15) is 0 Å². The summed E-state index contributed by atoms with van der Waals surface area (Å²) in [4.78, 5) is 20.6. The largest absolute Gasteiger partial charge is 0.483 e. The Balaban J connectivity index is 1.96. The van der Waals surface area contributed by atoms with Crippen molar-refractivity contribution in [2.45, 2.75) is 71.5 Å². The van der Waals surface area contributed by atoms with Crippen LogP contribution in [0.25, 0.3) is 22.2 Å². The topological polar surface area (TPSA) is 57.0 Å². The van der Waals surface area contributed by atoms with Gasteiger partial charge in [0, 0.05) is 53.3 Å². The third kappa shape index (κ3) is 5.26. The van der Waals surface area contributed by atoms with Crippen LogP contribution < -0.4 is 4.74 Å². The van der Waals surface area contributed by atoms with Gasteiger partial charge in [0.05, 0.1) is 0 Å². The number of halogens is 2. The molecule has 8 heteroatoms. The quantitative estimate of drug-likeness (QED) is 0.188. The molecule has 0 atom stereocenters. The van der Waals surface area contributed by atoms with Gasteiger partial charge in [0.25, 0.3) is 0 Å². The van der Waals surface area contributed by atoms with Crippen molar-refractivity contribution in [1.29, 1.82) is 0 Å². The minimum Gasteiger partial charge on any atom is -0.483 e. The number of aromatic nitrogens is 3. The molecule has 0 saturated carbocycles. The van der Waals surface area contributed by atoms with E-state index in [1.54, 1.807) is 12.4 Å². The summed E-state index contributed by atoms with van der Waals surface area (Å²) in [6.07, 6.45) is 7.47. The van der Waals surface area contributed by atoms with Gasteiger partial charge in [-0.25, -0.2) is 13.8 Å². The van der Waals surface area contributed by atoms with E-state index in [1.807, 2.05) is 18.3 Å². The molecule has 3 aromatic heterocycles. The first kappa shape index (κ1) is 28.6. The number of carbonyl (C=O) groups excluding carboxylic acids is 1. The Morgan fingerprint density at radius 1 is 1.00 bits per heavy atom. The van der Waals surface area contributed by atoms with Crippen molar-refractivity contribution >= 4 is 25.1 Å². The second kappa shape index (κ2) is 11.4. The lowest BCUT2D eigenvalue weighted by molar-refractivity contribution is -0.118. The van der Waals surface area contributed by atoms with Crippen molar-refractivity contribution in [2.75, 3.05) is 6.61 Å². The summed E-state index contributed by atoms with van der Waals surface area (Å²) in [5.74, 6) is -1.81. The van der Waals surface area contributed by atoms with E-state index in [4.69, 9.17) is 9.72 Å². The predicted octanol–water partition coefficient (Wildman–Crippen LogP) is 7.96. The number of rotatable bonds is 10. The van der Waals surface area contributed by atoms with Crippen LogP contribution in [0.1, 0.15) is 59.6 Å². The summed E-state index contributed by atoms with van der Waals surface area (Å²) in [5.41, 5.74) is 4.55. The van der Waals surface area contributed by atoms with Crippen LogP contribution in [0.15, 0.2) is 55.1 Å². The third-order valence-electron chi connectivity index (χ3n) is 7.86. The predicted molar refractivity (Wildman–Crippen MR) is 155 cm³/mol. The number of pyridine rings is 2. The van der Waals surface area contributed by atoms with Crippen LogP contribution in [-0.4, -0.2) is 34.8 Å². The van der Waals surface area contributed by atoms with E-state index in [9.17, 15) is 4.79 Å². The second-order valence-corrected chi connectivity index (χ2v) is 16.9. The van der Waals surface area contributed by atoms with Crippen molar-refractivity contribution in [3.8, 4) is 16.9 Å². The van der Waals surface area contributed by atoms with Crippen LogP contribution in [0.3, 0.4) is 0 Å². The van der Waals surface area contributed by atoms with Crippen molar-refractivity contribution in [3.63, 3.8) is 0 Å². The van der Waals surface area contributed by atoms with Crippen LogP contribution in [0, 0.1) is 11.6 Å². The van der Waals surface area contributed by atoms with Crippen LogP contribution in [0.2, 0.25) is 16.6 Å². The molecule has 0 saturated heterocycles. The fourth-order valence-corrected chi connectivity index (χ4v) is 12.9. The van der Waals surface area contributed by atoms with Crippen LogP contribution in [0.5, 0.6) is 5.75 Å². The minimum absolute atomic E-state index is 0.0232. The van der Waals surface area contributed by atoms with E-state index in [0.29, 0.717) is 16.6 Å². The summed E-state index contributed by atoms with van der Waals surface area (Å²) < 4.78 is 38.4. The van der Waals surface area contributed by atoms with E-state index in [1.165, 1.54) is 19.1 Å². The molecule has 0 unspecified atom stereocenters. The molecule has 1 aromatic carbocycles. The SMILES string of the molecule is CC(=O)COc1ccc(F)c(Cc2cn([Si](C(C)C)(C(C)C)C(C)C)c3ncc(-c4cccnc4)cc23)c1F. The number of nitrogens with zero attached hydrogens (tertiary/aromatic N) is 3. The normalized spacial score (nSPS) is 12.2. The molecule has 0 radical (unpaired) electrons. The minimum atomic E-state index is -2.23. The molecule has 3 heterocycles. The van der Waals surface area contributed by atoms with E-state index in [-0.39, 0.29) is 30.1 Å². The molecular formula is C31H37F2N3O2Si. The second-order valence-electron chi connectivity index (χ2n) is 11.2. The summed E-state index contributed by atoms with van der Waals surface area (Å²) in [5, 5.41) is 0.865. The van der Waals surface area contributed by atoms with Gasteiger partial charge in [0.1, 0.15) is 18.1 Å². The number of carbonyl (C=O) groups is 1. The lowest BCUT2D eigenvalue weighted by Crippen LogP contribution is -2.51. The first-order chi connectivity index (χ1) is 18.5. The van der Waals surface area contributed by atoms with Gasteiger partial charge in [-0.05, 0) is 53.4 Å². The van der Waals surface area contributed by atoms with E-state index in [2.05, 4.69) is 63.0 Å². The summed E-state index contributed by atoms with van der Waals surface area (Å²) in [7, 11) is -2.23. The first-order valence-electron chi connectivity index (χ1n) is 13.5. The van der Waals surface area contributed by atoms with Gasteiger partial charge >= 0.3 is 0 Å². The highest BCUT2D eigenvalue weighted by atomic mass is 28.3. The highest BCUT2D eigenvalue weighted by Crippen LogP contribution is 2.45. The molecule has 0 aliphatic carbocycles.